The molecule has 0 fully saturated rings. The number of ether oxygens (including phenoxy) is 1. The van der Waals surface area contributed by atoms with Crippen LogP contribution in [0.2, 0.25) is 0 Å². The predicted octanol–water partition coefficient (Wildman–Crippen LogP) is 1.79. The number of esters is 1. The van der Waals surface area contributed by atoms with Crippen molar-refractivity contribution in [2.75, 3.05) is 6.61 Å². The fourth-order valence-electron chi connectivity index (χ4n) is 1.71. The summed E-state index contributed by atoms with van der Waals surface area (Å²) in [7, 11) is 0. The number of hydrogen-bond donors (Lipinski definition) is 1. The van der Waals surface area contributed by atoms with E-state index in [1.54, 1.807) is 19.1 Å². The van der Waals surface area contributed by atoms with Crippen molar-refractivity contribution in [2.24, 2.45) is 0 Å². The third kappa shape index (κ3) is 2.63. The third-order valence-corrected chi connectivity index (χ3v) is 2.56. The van der Waals surface area contributed by atoms with Gasteiger partial charge in [0.2, 0.25) is 0 Å². The molecule has 1 rings (SSSR count). The molecule has 0 saturated carbocycles. The molecule has 0 aliphatic heterocycles. The van der Waals surface area contributed by atoms with Gasteiger partial charge in [0.25, 0.3) is 0 Å². The Balaban J connectivity index is 3.34. The second-order valence-electron chi connectivity index (χ2n) is 3.47. The van der Waals surface area contributed by atoms with Crippen LogP contribution >= 0.6 is 0 Å². The van der Waals surface area contributed by atoms with Crippen LogP contribution in [0.4, 0.5) is 0 Å². The van der Waals surface area contributed by atoms with E-state index >= 15 is 0 Å². The summed E-state index contributed by atoms with van der Waals surface area (Å²) in [4.78, 5) is 11.6. The minimum absolute atomic E-state index is 0.213. The molecule has 0 atom stereocenters. The van der Waals surface area contributed by atoms with Gasteiger partial charge in [-0.2, -0.15) is 5.26 Å². The summed E-state index contributed by atoms with van der Waals surface area (Å²) in [6, 6.07) is 5.29. The number of nitriles is 1. The smallest absolute Gasteiger partial charge is 0.339 e. The largest absolute Gasteiger partial charge is 0.462 e. The first-order chi connectivity index (χ1) is 8.19. The SMILES string of the molecule is CCOC(=O)c1ccc(CC)c(CO)c1C#N. The zero-order valence-corrected chi connectivity index (χ0v) is 9.99. The first kappa shape index (κ1) is 13.2. The van der Waals surface area contributed by atoms with Gasteiger partial charge in [0, 0.05) is 0 Å². The predicted molar refractivity (Wildman–Crippen MR) is 62.4 cm³/mol. The highest BCUT2D eigenvalue weighted by Gasteiger charge is 2.17. The lowest BCUT2D eigenvalue weighted by atomic mass is 9.95. The van der Waals surface area contributed by atoms with Crippen LogP contribution in [0.15, 0.2) is 12.1 Å². The Morgan fingerprint density at radius 2 is 2.18 bits per heavy atom. The molecule has 4 heteroatoms. The van der Waals surface area contributed by atoms with Gasteiger partial charge in [0.15, 0.2) is 0 Å². The summed E-state index contributed by atoms with van der Waals surface area (Å²) in [5.74, 6) is -0.526. The van der Waals surface area contributed by atoms with Gasteiger partial charge in [-0.05, 0) is 30.5 Å². The topological polar surface area (TPSA) is 70.3 Å². The number of carbonyl (C=O) groups excluding carboxylic acids is 1. The number of aliphatic hydroxyl groups is 1. The number of rotatable bonds is 4. The lowest BCUT2D eigenvalue weighted by Gasteiger charge is -2.11. The van der Waals surface area contributed by atoms with Crippen LogP contribution in [0.5, 0.6) is 0 Å². The van der Waals surface area contributed by atoms with E-state index < -0.39 is 5.97 Å². The summed E-state index contributed by atoms with van der Waals surface area (Å²) in [6.45, 7) is 3.64. The molecule has 1 aromatic carbocycles. The lowest BCUT2D eigenvalue weighted by molar-refractivity contribution is 0.0526. The molecular weight excluding hydrogens is 218 g/mol. The van der Waals surface area contributed by atoms with Crippen LogP contribution in [0.25, 0.3) is 0 Å². The summed E-state index contributed by atoms with van der Waals surface area (Å²) in [5.41, 5.74) is 1.82. The molecule has 1 aromatic rings. The van der Waals surface area contributed by atoms with Crippen molar-refractivity contribution in [3.8, 4) is 6.07 Å². The minimum Gasteiger partial charge on any atom is -0.462 e. The molecule has 90 valence electrons. The van der Waals surface area contributed by atoms with E-state index in [-0.39, 0.29) is 24.3 Å². The van der Waals surface area contributed by atoms with E-state index in [2.05, 4.69) is 0 Å². The number of nitrogens with zero attached hydrogens (tertiary/aromatic N) is 1. The molecular formula is C13H15NO3. The standard InChI is InChI=1S/C13H15NO3/c1-3-9-5-6-10(13(16)17-4-2)11(7-14)12(9)8-15/h5-6,15H,3-4,8H2,1-2H3. The Kier molecular flexibility index (Phi) is 4.68. The molecule has 0 amide bonds. The van der Waals surface area contributed by atoms with Crippen molar-refractivity contribution in [1.29, 1.82) is 5.26 Å². The van der Waals surface area contributed by atoms with Crippen molar-refractivity contribution in [3.05, 3.63) is 34.4 Å². The van der Waals surface area contributed by atoms with Gasteiger partial charge in [-0.15, -0.1) is 0 Å². The fraction of sp³-hybridized carbons (Fsp3) is 0.385. The van der Waals surface area contributed by atoms with Gasteiger partial charge in [-0.3, -0.25) is 0 Å². The maximum atomic E-state index is 11.6. The molecule has 0 bridgehead atoms. The Morgan fingerprint density at radius 1 is 1.47 bits per heavy atom. The van der Waals surface area contributed by atoms with Gasteiger partial charge in [-0.25, -0.2) is 4.79 Å². The molecule has 17 heavy (non-hydrogen) atoms. The molecule has 1 N–H and O–H groups in total. The highest BCUT2D eigenvalue weighted by atomic mass is 16.5. The molecule has 4 nitrogen and oxygen atoms in total. The Hall–Kier alpha value is -1.86. The monoisotopic (exact) mass is 233 g/mol. The quantitative estimate of drug-likeness (QED) is 0.805. The van der Waals surface area contributed by atoms with Crippen LogP contribution in [-0.2, 0) is 17.8 Å². The third-order valence-electron chi connectivity index (χ3n) is 2.56. The Labute approximate surface area is 100 Å². The molecule has 0 saturated heterocycles. The summed E-state index contributed by atoms with van der Waals surface area (Å²) >= 11 is 0. The molecule has 0 aliphatic carbocycles. The van der Waals surface area contributed by atoms with Crippen LogP contribution in [-0.4, -0.2) is 17.7 Å². The molecule has 0 spiro atoms. The fourth-order valence-corrected chi connectivity index (χ4v) is 1.71. The van der Waals surface area contributed by atoms with Gasteiger partial charge < -0.3 is 9.84 Å². The average Bonchev–Trinajstić information content (AvgIpc) is 2.36. The van der Waals surface area contributed by atoms with Crippen LogP contribution in [0, 0.1) is 11.3 Å². The summed E-state index contributed by atoms with van der Waals surface area (Å²) in [5, 5.41) is 18.4. The second-order valence-corrected chi connectivity index (χ2v) is 3.47. The Bertz CT molecular complexity index is 460. The first-order valence-corrected chi connectivity index (χ1v) is 5.52. The normalized spacial score (nSPS) is 9.76. The lowest BCUT2D eigenvalue weighted by Crippen LogP contribution is -2.10. The van der Waals surface area contributed by atoms with Gasteiger partial charge in [-0.1, -0.05) is 13.0 Å². The zero-order chi connectivity index (χ0) is 12.8. The molecule has 0 unspecified atom stereocenters. The highest BCUT2D eigenvalue weighted by Crippen LogP contribution is 2.20. The minimum atomic E-state index is -0.526. The van der Waals surface area contributed by atoms with E-state index in [1.165, 1.54) is 0 Å². The number of aliphatic hydroxyl groups excluding tert-OH is 1. The van der Waals surface area contributed by atoms with Gasteiger partial charge in [0.1, 0.15) is 6.07 Å². The zero-order valence-electron chi connectivity index (χ0n) is 9.99. The summed E-state index contributed by atoms with van der Waals surface area (Å²) in [6.07, 6.45) is 0.702. The molecule has 0 heterocycles. The first-order valence-electron chi connectivity index (χ1n) is 5.52. The van der Waals surface area contributed by atoms with E-state index in [1.807, 2.05) is 13.0 Å². The van der Waals surface area contributed by atoms with Gasteiger partial charge >= 0.3 is 5.97 Å². The molecule has 0 aliphatic rings. The number of aryl methyl sites for hydroxylation is 1. The van der Waals surface area contributed by atoms with Crippen LogP contribution < -0.4 is 0 Å². The van der Waals surface area contributed by atoms with Crippen molar-refractivity contribution < 1.29 is 14.6 Å². The van der Waals surface area contributed by atoms with E-state index in [0.29, 0.717) is 12.0 Å². The number of benzene rings is 1. The second kappa shape index (κ2) is 6.02. The summed E-state index contributed by atoms with van der Waals surface area (Å²) < 4.78 is 4.87. The number of carbonyl (C=O) groups is 1. The maximum Gasteiger partial charge on any atom is 0.339 e. The number of hydrogen-bond acceptors (Lipinski definition) is 4. The Morgan fingerprint density at radius 3 is 2.65 bits per heavy atom. The van der Waals surface area contributed by atoms with E-state index in [9.17, 15) is 9.90 Å². The average molecular weight is 233 g/mol. The van der Waals surface area contributed by atoms with Crippen LogP contribution in [0.3, 0.4) is 0 Å². The molecule has 0 aromatic heterocycles. The van der Waals surface area contributed by atoms with E-state index in [4.69, 9.17) is 10.00 Å². The van der Waals surface area contributed by atoms with Crippen molar-refractivity contribution in [2.45, 2.75) is 26.9 Å². The van der Waals surface area contributed by atoms with Crippen molar-refractivity contribution in [3.63, 3.8) is 0 Å². The highest BCUT2D eigenvalue weighted by molar-refractivity contribution is 5.92. The van der Waals surface area contributed by atoms with Crippen molar-refractivity contribution in [1.82, 2.24) is 0 Å². The maximum absolute atomic E-state index is 11.6. The van der Waals surface area contributed by atoms with E-state index in [0.717, 1.165) is 5.56 Å². The van der Waals surface area contributed by atoms with Crippen molar-refractivity contribution >= 4 is 5.97 Å². The van der Waals surface area contributed by atoms with Gasteiger partial charge in [0.05, 0.1) is 24.3 Å². The molecule has 0 radical (unpaired) electrons. The van der Waals surface area contributed by atoms with Crippen LogP contribution in [0.1, 0.15) is 40.9 Å².